The molecule has 1 atom stereocenters. The molecule has 8 heteroatoms. The van der Waals surface area contributed by atoms with E-state index < -0.39 is 10.0 Å². The molecule has 0 saturated carbocycles. The molecule has 6 nitrogen and oxygen atoms in total. The van der Waals surface area contributed by atoms with Gasteiger partial charge in [0.2, 0.25) is 5.09 Å². The summed E-state index contributed by atoms with van der Waals surface area (Å²) in [5, 5.41) is -0.0390. The Kier molecular flexibility index (Phi) is 3.70. The van der Waals surface area contributed by atoms with Gasteiger partial charge in [-0.25, -0.2) is 13.4 Å². The molecule has 108 valence electrons. The number of H-pyrrole nitrogens is 1. The molecule has 1 fully saturated rings. The highest BCUT2D eigenvalue weighted by atomic mass is 79.9. The fraction of sp³-hybridized carbons (Fsp3) is 0.417. The summed E-state index contributed by atoms with van der Waals surface area (Å²) in [6.07, 6.45) is 5.93. The van der Waals surface area contributed by atoms with Gasteiger partial charge in [-0.05, 0) is 40.9 Å². The number of halogens is 1. The molecular weight excluding hydrogens is 346 g/mol. The molecule has 0 bridgehead atoms. The zero-order valence-corrected chi connectivity index (χ0v) is 13.0. The Labute approximate surface area is 125 Å². The summed E-state index contributed by atoms with van der Waals surface area (Å²) in [5.74, 6) is 0.680. The predicted molar refractivity (Wildman–Crippen MR) is 75.5 cm³/mol. The normalized spacial score (nSPS) is 21.1. The van der Waals surface area contributed by atoms with E-state index in [-0.39, 0.29) is 11.1 Å². The minimum atomic E-state index is -3.64. The van der Waals surface area contributed by atoms with Gasteiger partial charge < -0.3 is 9.40 Å². The van der Waals surface area contributed by atoms with Crippen molar-refractivity contribution >= 4 is 26.0 Å². The number of imidazole rings is 1. The maximum absolute atomic E-state index is 12.7. The highest BCUT2D eigenvalue weighted by molar-refractivity contribution is 9.10. The van der Waals surface area contributed by atoms with Crippen molar-refractivity contribution in [1.29, 1.82) is 0 Å². The number of hydrogen-bond donors (Lipinski definition) is 1. The molecule has 20 heavy (non-hydrogen) atoms. The molecule has 3 rings (SSSR count). The Morgan fingerprint density at radius 3 is 2.90 bits per heavy atom. The zero-order valence-electron chi connectivity index (χ0n) is 10.6. The summed E-state index contributed by atoms with van der Waals surface area (Å²) in [6.45, 7) is 0.478. The zero-order chi connectivity index (χ0) is 14.2. The molecule has 0 aromatic carbocycles. The lowest BCUT2D eigenvalue weighted by Gasteiger charge is -2.32. The SMILES string of the molecule is O=S(=O)(c1ccc(Br)o1)N1CCCCC1c1ncc[nH]1. The van der Waals surface area contributed by atoms with Crippen LogP contribution in [0.2, 0.25) is 0 Å². The van der Waals surface area contributed by atoms with E-state index in [1.165, 1.54) is 10.4 Å². The van der Waals surface area contributed by atoms with E-state index in [1.807, 2.05) is 0 Å². The third-order valence-corrected chi connectivity index (χ3v) is 5.61. The van der Waals surface area contributed by atoms with E-state index in [9.17, 15) is 8.42 Å². The van der Waals surface area contributed by atoms with E-state index in [2.05, 4.69) is 25.9 Å². The minimum Gasteiger partial charge on any atom is -0.437 e. The minimum absolute atomic E-state index is 0.0390. The predicted octanol–water partition coefficient (Wildman–Crippen LogP) is 2.68. The van der Waals surface area contributed by atoms with Crippen LogP contribution in [0.1, 0.15) is 31.1 Å². The van der Waals surface area contributed by atoms with Gasteiger partial charge in [0.1, 0.15) is 5.82 Å². The lowest BCUT2D eigenvalue weighted by molar-refractivity contribution is 0.241. The van der Waals surface area contributed by atoms with Crippen molar-refractivity contribution in [1.82, 2.24) is 14.3 Å². The Bertz CT molecular complexity index is 681. The number of nitrogens with zero attached hydrogens (tertiary/aromatic N) is 2. The molecule has 0 spiro atoms. The van der Waals surface area contributed by atoms with Gasteiger partial charge in [-0.3, -0.25) is 0 Å². The van der Waals surface area contributed by atoms with Gasteiger partial charge in [-0.15, -0.1) is 0 Å². The third-order valence-electron chi connectivity index (χ3n) is 3.40. The van der Waals surface area contributed by atoms with Crippen LogP contribution in [0.15, 0.2) is 38.7 Å². The summed E-state index contributed by atoms with van der Waals surface area (Å²) in [6, 6.07) is 2.79. The Morgan fingerprint density at radius 1 is 1.40 bits per heavy atom. The molecule has 1 saturated heterocycles. The average molecular weight is 360 g/mol. The monoisotopic (exact) mass is 359 g/mol. The molecule has 2 aromatic heterocycles. The molecule has 0 radical (unpaired) electrons. The van der Waals surface area contributed by atoms with Crippen LogP contribution in [-0.2, 0) is 10.0 Å². The summed E-state index contributed by atoms with van der Waals surface area (Å²) < 4.78 is 32.5. The first-order valence-corrected chi connectivity index (χ1v) is 8.59. The van der Waals surface area contributed by atoms with E-state index in [4.69, 9.17) is 4.42 Å². The van der Waals surface area contributed by atoms with Gasteiger partial charge in [0.25, 0.3) is 10.0 Å². The van der Waals surface area contributed by atoms with E-state index in [0.29, 0.717) is 17.0 Å². The van der Waals surface area contributed by atoms with Crippen LogP contribution >= 0.6 is 15.9 Å². The summed E-state index contributed by atoms with van der Waals surface area (Å²) in [7, 11) is -3.64. The Balaban J connectivity index is 1.97. The van der Waals surface area contributed by atoms with Crippen molar-refractivity contribution in [3.8, 4) is 0 Å². The average Bonchev–Trinajstić information content (AvgIpc) is 3.10. The van der Waals surface area contributed by atoms with Crippen molar-refractivity contribution in [2.75, 3.05) is 6.54 Å². The molecule has 1 aliphatic heterocycles. The second-order valence-corrected chi connectivity index (χ2v) is 7.26. The van der Waals surface area contributed by atoms with Gasteiger partial charge in [-0.1, -0.05) is 6.42 Å². The quantitative estimate of drug-likeness (QED) is 0.913. The van der Waals surface area contributed by atoms with Crippen molar-refractivity contribution in [3.05, 3.63) is 35.0 Å². The number of sulfonamides is 1. The Morgan fingerprint density at radius 2 is 2.25 bits per heavy atom. The second kappa shape index (κ2) is 5.34. The molecule has 3 heterocycles. The second-order valence-electron chi connectivity index (χ2n) is 4.66. The number of hydrogen-bond acceptors (Lipinski definition) is 4. The van der Waals surface area contributed by atoms with Gasteiger partial charge in [0.15, 0.2) is 4.67 Å². The van der Waals surface area contributed by atoms with Crippen molar-refractivity contribution in [3.63, 3.8) is 0 Å². The molecule has 1 unspecified atom stereocenters. The first-order valence-electron chi connectivity index (χ1n) is 6.35. The van der Waals surface area contributed by atoms with Crippen molar-refractivity contribution < 1.29 is 12.8 Å². The van der Waals surface area contributed by atoms with Gasteiger partial charge >= 0.3 is 0 Å². The maximum Gasteiger partial charge on any atom is 0.277 e. The topological polar surface area (TPSA) is 79.2 Å². The van der Waals surface area contributed by atoms with Crippen LogP contribution in [0, 0.1) is 0 Å². The van der Waals surface area contributed by atoms with E-state index in [0.717, 1.165) is 19.3 Å². The molecule has 1 N–H and O–H groups in total. The smallest absolute Gasteiger partial charge is 0.277 e. The van der Waals surface area contributed by atoms with E-state index in [1.54, 1.807) is 18.5 Å². The molecule has 0 aliphatic carbocycles. The number of aromatic nitrogens is 2. The highest BCUT2D eigenvalue weighted by Crippen LogP contribution is 2.34. The molecule has 1 aliphatic rings. The van der Waals surface area contributed by atoms with Crippen LogP contribution in [0.25, 0.3) is 0 Å². The van der Waals surface area contributed by atoms with Crippen molar-refractivity contribution in [2.24, 2.45) is 0 Å². The van der Waals surface area contributed by atoms with Crippen LogP contribution in [0.4, 0.5) is 0 Å². The summed E-state index contributed by atoms with van der Waals surface area (Å²) in [5.41, 5.74) is 0. The molecular formula is C12H14BrN3O3S. The first kappa shape index (κ1) is 13.8. The fourth-order valence-electron chi connectivity index (χ4n) is 2.48. The van der Waals surface area contributed by atoms with Crippen molar-refractivity contribution in [2.45, 2.75) is 30.4 Å². The molecule has 0 amide bonds. The van der Waals surface area contributed by atoms with Crippen LogP contribution in [-0.4, -0.2) is 29.2 Å². The Hall–Kier alpha value is -1.12. The van der Waals surface area contributed by atoms with Crippen LogP contribution in [0.5, 0.6) is 0 Å². The number of piperidine rings is 1. The largest absolute Gasteiger partial charge is 0.437 e. The highest BCUT2D eigenvalue weighted by Gasteiger charge is 2.37. The fourth-order valence-corrected chi connectivity index (χ4v) is 4.47. The lowest BCUT2D eigenvalue weighted by atomic mass is 10.0. The number of rotatable bonds is 3. The third kappa shape index (κ3) is 2.43. The number of aromatic amines is 1. The molecule has 2 aromatic rings. The van der Waals surface area contributed by atoms with Gasteiger partial charge in [-0.2, -0.15) is 4.31 Å². The van der Waals surface area contributed by atoms with E-state index >= 15 is 0 Å². The van der Waals surface area contributed by atoms with Crippen LogP contribution in [0.3, 0.4) is 0 Å². The summed E-state index contributed by atoms with van der Waals surface area (Å²) >= 11 is 3.13. The number of nitrogens with one attached hydrogen (secondary N) is 1. The van der Waals surface area contributed by atoms with Gasteiger partial charge in [0.05, 0.1) is 6.04 Å². The van der Waals surface area contributed by atoms with Crippen LogP contribution < -0.4 is 0 Å². The van der Waals surface area contributed by atoms with Gasteiger partial charge in [0, 0.05) is 18.9 Å². The summed E-state index contributed by atoms with van der Waals surface area (Å²) in [4.78, 5) is 7.21. The standard InChI is InChI=1S/C12H14BrN3O3S/c13-10-4-5-11(19-10)20(17,18)16-8-2-1-3-9(16)12-14-6-7-15-12/h4-7,9H,1-3,8H2,(H,14,15). The first-order chi connectivity index (χ1) is 9.59. The number of furan rings is 1. The maximum atomic E-state index is 12.7. The lowest BCUT2D eigenvalue weighted by Crippen LogP contribution is -2.38.